The molecule has 0 bridgehead atoms. The highest BCUT2D eigenvalue weighted by Gasteiger charge is 1.98. The van der Waals surface area contributed by atoms with Crippen molar-refractivity contribution in [2.45, 2.75) is 13.3 Å². The Balaban J connectivity index is 2.97. The van der Waals surface area contributed by atoms with E-state index in [9.17, 15) is 4.39 Å². The summed E-state index contributed by atoms with van der Waals surface area (Å²) in [4.78, 5) is 0. The summed E-state index contributed by atoms with van der Waals surface area (Å²) in [6.45, 7) is 2.49. The topological polar surface area (TPSA) is 26.0 Å². The predicted octanol–water partition coefficient (Wildman–Crippen LogP) is 2.36. The summed E-state index contributed by atoms with van der Waals surface area (Å²) in [6, 6.07) is 5.14. The average molecular weight is 179 g/mol. The number of rotatable bonds is 3. The molecule has 0 aliphatic rings. The van der Waals surface area contributed by atoms with Crippen LogP contribution in [0.2, 0.25) is 0 Å². The van der Waals surface area contributed by atoms with E-state index in [1.165, 1.54) is 6.07 Å². The van der Waals surface area contributed by atoms with Crippen LogP contribution in [0.4, 0.5) is 4.39 Å². The van der Waals surface area contributed by atoms with Gasteiger partial charge in [0.15, 0.2) is 0 Å². The monoisotopic (exact) mass is 179 g/mol. The third kappa shape index (κ3) is 2.67. The normalized spacial score (nSPS) is 11.0. The molecule has 0 heterocycles. The molecule has 0 atom stereocenters. The Morgan fingerprint density at radius 3 is 2.85 bits per heavy atom. The number of halogens is 1. The molecule has 1 nitrogen and oxygen atoms in total. The molecule has 1 rings (SSSR count). The lowest BCUT2D eigenvalue weighted by molar-refractivity contribution is 0.624. The highest BCUT2D eigenvalue weighted by Crippen LogP contribution is 2.12. The zero-order valence-corrected chi connectivity index (χ0v) is 7.76. The molecular weight excluding hydrogens is 165 g/mol. The first-order valence-corrected chi connectivity index (χ1v) is 4.43. The predicted molar refractivity (Wildman–Crippen MR) is 53.9 cm³/mol. The molecule has 0 aromatic heterocycles. The van der Waals surface area contributed by atoms with Crippen LogP contribution in [0.3, 0.4) is 0 Å². The second-order valence-electron chi connectivity index (χ2n) is 2.85. The van der Waals surface area contributed by atoms with E-state index in [0.29, 0.717) is 12.1 Å². The number of benzene rings is 1. The first-order valence-electron chi connectivity index (χ1n) is 4.43. The number of hydrogen-bond acceptors (Lipinski definition) is 1. The summed E-state index contributed by atoms with van der Waals surface area (Å²) in [5.41, 5.74) is 7.04. The number of aryl methyl sites for hydroxylation is 1. The molecule has 0 spiro atoms. The van der Waals surface area contributed by atoms with Crippen LogP contribution in [0.1, 0.15) is 18.1 Å². The van der Waals surface area contributed by atoms with Crippen molar-refractivity contribution in [1.29, 1.82) is 0 Å². The van der Waals surface area contributed by atoms with Crippen molar-refractivity contribution in [3.05, 3.63) is 41.2 Å². The Bertz CT molecular complexity index is 305. The van der Waals surface area contributed by atoms with E-state index in [1.807, 2.05) is 13.0 Å². The van der Waals surface area contributed by atoms with Gasteiger partial charge in [0.1, 0.15) is 5.82 Å². The molecule has 0 aliphatic carbocycles. The van der Waals surface area contributed by atoms with Crippen molar-refractivity contribution in [1.82, 2.24) is 0 Å². The van der Waals surface area contributed by atoms with Gasteiger partial charge in [-0.15, -0.1) is 0 Å². The van der Waals surface area contributed by atoms with E-state index in [0.717, 1.165) is 12.0 Å². The van der Waals surface area contributed by atoms with E-state index in [-0.39, 0.29) is 5.82 Å². The van der Waals surface area contributed by atoms with Crippen LogP contribution in [0.25, 0.3) is 6.08 Å². The molecule has 0 saturated heterocycles. The molecule has 0 fully saturated rings. The molecule has 0 aliphatic heterocycles. The highest BCUT2D eigenvalue weighted by atomic mass is 19.1. The van der Waals surface area contributed by atoms with E-state index >= 15 is 0 Å². The van der Waals surface area contributed by atoms with Crippen molar-refractivity contribution < 1.29 is 4.39 Å². The van der Waals surface area contributed by atoms with Gasteiger partial charge in [0.25, 0.3) is 0 Å². The van der Waals surface area contributed by atoms with Crippen LogP contribution in [0, 0.1) is 5.82 Å². The molecule has 1 aromatic carbocycles. The Kier molecular flexibility index (Phi) is 3.65. The molecule has 70 valence electrons. The van der Waals surface area contributed by atoms with Gasteiger partial charge in [0.2, 0.25) is 0 Å². The van der Waals surface area contributed by atoms with Gasteiger partial charge in [-0.25, -0.2) is 4.39 Å². The molecule has 0 unspecified atom stereocenters. The molecular formula is C11H14FN. The van der Waals surface area contributed by atoms with Crippen LogP contribution < -0.4 is 5.73 Å². The first-order chi connectivity index (χ1) is 6.27. The summed E-state index contributed by atoms with van der Waals surface area (Å²) in [5.74, 6) is -0.193. The summed E-state index contributed by atoms with van der Waals surface area (Å²) in [7, 11) is 0. The first kappa shape index (κ1) is 9.93. The largest absolute Gasteiger partial charge is 0.327 e. The lowest BCUT2D eigenvalue weighted by Crippen LogP contribution is -1.93. The van der Waals surface area contributed by atoms with Gasteiger partial charge >= 0.3 is 0 Å². The van der Waals surface area contributed by atoms with Gasteiger partial charge in [0, 0.05) is 12.1 Å². The van der Waals surface area contributed by atoms with Crippen LogP contribution in [0.5, 0.6) is 0 Å². The summed E-state index contributed by atoms with van der Waals surface area (Å²) in [6.07, 6.45) is 4.39. The van der Waals surface area contributed by atoms with Gasteiger partial charge in [-0.2, -0.15) is 0 Å². The van der Waals surface area contributed by atoms with Gasteiger partial charge in [-0.1, -0.05) is 25.1 Å². The van der Waals surface area contributed by atoms with Crippen molar-refractivity contribution >= 4 is 6.08 Å². The van der Waals surface area contributed by atoms with E-state index in [2.05, 4.69) is 0 Å². The van der Waals surface area contributed by atoms with E-state index < -0.39 is 0 Å². The average Bonchev–Trinajstić information content (AvgIpc) is 2.17. The Morgan fingerprint density at radius 2 is 2.23 bits per heavy atom. The second kappa shape index (κ2) is 4.77. The smallest absolute Gasteiger partial charge is 0.130 e. The lowest BCUT2D eigenvalue weighted by Gasteiger charge is -2.00. The Labute approximate surface area is 78.1 Å². The Hall–Kier alpha value is -1.15. The van der Waals surface area contributed by atoms with E-state index in [4.69, 9.17) is 5.73 Å². The minimum Gasteiger partial charge on any atom is -0.327 e. The quantitative estimate of drug-likeness (QED) is 0.757. The highest BCUT2D eigenvalue weighted by molar-refractivity contribution is 5.51. The maximum absolute atomic E-state index is 13.1. The van der Waals surface area contributed by atoms with Gasteiger partial charge in [0.05, 0.1) is 0 Å². The van der Waals surface area contributed by atoms with Gasteiger partial charge < -0.3 is 5.73 Å². The molecule has 0 radical (unpaired) electrons. The fourth-order valence-electron chi connectivity index (χ4n) is 1.14. The standard InChI is InChI=1S/C11H14FN/c1-2-9-5-6-11(12)10(8-9)4-3-7-13/h3-6,8H,2,7,13H2,1H3/b4-3+. The van der Waals surface area contributed by atoms with Crippen molar-refractivity contribution in [3.8, 4) is 0 Å². The fraction of sp³-hybridized carbons (Fsp3) is 0.273. The Morgan fingerprint density at radius 1 is 1.46 bits per heavy atom. The van der Waals surface area contributed by atoms with Gasteiger partial charge in [-0.05, 0) is 24.1 Å². The van der Waals surface area contributed by atoms with Crippen LogP contribution in [-0.4, -0.2) is 6.54 Å². The van der Waals surface area contributed by atoms with Crippen molar-refractivity contribution in [2.24, 2.45) is 5.73 Å². The maximum Gasteiger partial charge on any atom is 0.130 e. The third-order valence-corrected chi connectivity index (χ3v) is 1.90. The minimum atomic E-state index is -0.193. The molecule has 13 heavy (non-hydrogen) atoms. The van der Waals surface area contributed by atoms with Crippen molar-refractivity contribution in [2.75, 3.05) is 6.54 Å². The van der Waals surface area contributed by atoms with Crippen molar-refractivity contribution in [3.63, 3.8) is 0 Å². The van der Waals surface area contributed by atoms with Crippen LogP contribution in [0.15, 0.2) is 24.3 Å². The summed E-state index contributed by atoms with van der Waals surface area (Å²) in [5, 5.41) is 0. The number of nitrogens with two attached hydrogens (primary N) is 1. The van der Waals surface area contributed by atoms with Crippen LogP contribution >= 0.6 is 0 Å². The van der Waals surface area contributed by atoms with Crippen LogP contribution in [-0.2, 0) is 6.42 Å². The number of hydrogen-bond donors (Lipinski definition) is 1. The molecule has 2 N–H and O–H groups in total. The minimum absolute atomic E-state index is 0.193. The molecule has 1 aromatic rings. The zero-order valence-electron chi connectivity index (χ0n) is 7.76. The molecule has 0 amide bonds. The van der Waals surface area contributed by atoms with Gasteiger partial charge in [-0.3, -0.25) is 0 Å². The third-order valence-electron chi connectivity index (χ3n) is 1.90. The molecule has 0 saturated carbocycles. The van der Waals surface area contributed by atoms with E-state index in [1.54, 1.807) is 18.2 Å². The summed E-state index contributed by atoms with van der Waals surface area (Å²) < 4.78 is 13.1. The SMILES string of the molecule is CCc1ccc(F)c(/C=C/CN)c1. The molecule has 2 heteroatoms. The fourth-order valence-corrected chi connectivity index (χ4v) is 1.14. The lowest BCUT2D eigenvalue weighted by atomic mass is 10.1. The summed E-state index contributed by atoms with van der Waals surface area (Å²) >= 11 is 0. The second-order valence-corrected chi connectivity index (χ2v) is 2.85. The maximum atomic E-state index is 13.1. The zero-order chi connectivity index (χ0) is 9.68.